The molecule has 0 fully saturated rings. The van der Waals surface area contributed by atoms with Gasteiger partial charge in [0.15, 0.2) is 6.29 Å². The molecule has 28 heavy (non-hydrogen) atoms. The monoisotopic (exact) mass is 369 g/mol. The maximum atomic E-state index is 12.0. The first-order valence-corrected chi connectivity index (χ1v) is 9.42. The number of hydrogen-bond donors (Lipinski definition) is 0. The molecule has 0 atom stereocenters. The van der Waals surface area contributed by atoms with Gasteiger partial charge in [-0.25, -0.2) is 0 Å². The van der Waals surface area contributed by atoms with Gasteiger partial charge in [0.2, 0.25) is 0 Å². The van der Waals surface area contributed by atoms with Crippen molar-refractivity contribution in [2.24, 2.45) is 0 Å². The molecule has 0 unspecified atom stereocenters. The first kappa shape index (κ1) is 18.1. The highest BCUT2D eigenvalue weighted by atomic mass is 16.5. The van der Waals surface area contributed by atoms with Crippen molar-refractivity contribution in [2.45, 2.75) is 27.4 Å². The third-order valence-corrected chi connectivity index (χ3v) is 5.30. The van der Waals surface area contributed by atoms with E-state index in [0.717, 1.165) is 39.8 Å². The fourth-order valence-corrected chi connectivity index (χ4v) is 3.55. The molecule has 3 nitrogen and oxygen atoms in total. The molecule has 2 aromatic heterocycles. The van der Waals surface area contributed by atoms with Crippen molar-refractivity contribution in [3.05, 3.63) is 94.8 Å². The first-order chi connectivity index (χ1) is 13.6. The molecule has 0 radical (unpaired) electrons. The molecule has 0 aliphatic carbocycles. The van der Waals surface area contributed by atoms with Gasteiger partial charge in [0.05, 0.1) is 5.69 Å². The van der Waals surface area contributed by atoms with Gasteiger partial charge in [0.25, 0.3) is 0 Å². The van der Waals surface area contributed by atoms with Crippen molar-refractivity contribution in [3.8, 4) is 16.9 Å². The topological polar surface area (TPSA) is 30.7 Å². The van der Waals surface area contributed by atoms with E-state index in [1.165, 1.54) is 11.1 Å². The largest absolute Gasteiger partial charge is 0.488 e. The molecule has 140 valence electrons. The Labute approximate surface area is 165 Å². The SMILES string of the molecule is Cc1cc(OCc2ccccc2)c(-c2cc3c(C)cccn3c2C=O)cc1C. The van der Waals surface area contributed by atoms with Crippen LogP contribution in [0.15, 0.2) is 66.9 Å². The van der Waals surface area contributed by atoms with Crippen molar-refractivity contribution in [1.29, 1.82) is 0 Å². The number of nitrogens with zero attached hydrogens (tertiary/aromatic N) is 1. The molecule has 2 heterocycles. The van der Waals surface area contributed by atoms with E-state index in [4.69, 9.17) is 4.74 Å². The summed E-state index contributed by atoms with van der Waals surface area (Å²) in [6.45, 7) is 6.71. The van der Waals surface area contributed by atoms with Crippen LogP contribution in [0.3, 0.4) is 0 Å². The zero-order valence-electron chi connectivity index (χ0n) is 16.4. The Morgan fingerprint density at radius 2 is 1.61 bits per heavy atom. The summed E-state index contributed by atoms with van der Waals surface area (Å²) in [6, 6.07) is 20.4. The third-order valence-electron chi connectivity index (χ3n) is 5.30. The molecule has 0 N–H and O–H groups in total. The number of carbonyl (C=O) groups is 1. The van der Waals surface area contributed by atoms with E-state index in [2.05, 4.69) is 45.0 Å². The second kappa shape index (κ2) is 7.35. The summed E-state index contributed by atoms with van der Waals surface area (Å²) >= 11 is 0. The maximum Gasteiger partial charge on any atom is 0.167 e. The summed E-state index contributed by atoms with van der Waals surface area (Å²) in [5.74, 6) is 0.795. The predicted molar refractivity (Wildman–Crippen MR) is 113 cm³/mol. The van der Waals surface area contributed by atoms with Crippen LogP contribution in [0.25, 0.3) is 16.6 Å². The van der Waals surface area contributed by atoms with E-state index < -0.39 is 0 Å². The van der Waals surface area contributed by atoms with E-state index in [0.29, 0.717) is 12.3 Å². The number of benzene rings is 2. The molecule has 4 rings (SSSR count). The van der Waals surface area contributed by atoms with Gasteiger partial charge in [-0.3, -0.25) is 4.79 Å². The number of hydrogen-bond acceptors (Lipinski definition) is 2. The second-order valence-electron chi connectivity index (χ2n) is 7.21. The summed E-state index contributed by atoms with van der Waals surface area (Å²) in [6.07, 6.45) is 2.86. The van der Waals surface area contributed by atoms with Crippen LogP contribution in [0.2, 0.25) is 0 Å². The van der Waals surface area contributed by atoms with Gasteiger partial charge in [-0.15, -0.1) is 0 Å². The maximum absolute atomic E-state index is 12.0. The minimum atomic E-state index is 0.485. The Morgan fingerprint density at radius 1 is 0.857 bits per heavy atom. The third kappa shape index (κ3) is 3.20. The van der Waals surface area contributed by atoms with Crippen LogP contribution in [-0.4, -0.2) is 10.7 Å². The van der Waals surface area contributed by atoms with Crippen LogP contribution in [-0.2, 0) is 6.61 Å². The van der Waals surface area contributed by atoms with Crippen molar-refractivity contribution in [3.63, 3.8) is 0 Å². The van der Waals surface area contributed by atoms with Crippen LogP contribution in [0.1, 0.15) is 32.7 Å². The van der Waals surface area contributed by atoms with Crippen LogP contribution < -0.4 is 4.74 Å². The lowest BCUT2D eigenvalue weighted by Gasteiger charge is -2.14. The summed E-state index contributed by atoms with van der Waals surface area (Å²) in [5, 5.41) is 0. The molecule has 4 aromatic rings. The molecule has 0 aliphatic rings. The van der Waals surface area contributed by atoms with Crippen LogP contribution >= 0.6 is 0 Å². The number of rotatable bonds is 5. The summed E-state index contributed by atoms with van der Waals surface area (Å²) < 4.78 is 8.17. The number of carbonyl (C=O) groups excluding carboxylic acids is 1. The Balaban J connectivity index is 1.85. The lowest BCUT2D eigenvalue weighted by Crippen LogP contribution is -1.99. The highest BCUT2D eigenvalue weighted by molar-refractivity contribution is 5.92. The Hall–Kier alpha value is -3.33. The molecule has 0 amide bonds. The highest BCUT2D eigenvalue weighted by Crippen LogP contribution is 2.37. The summed E-state index contributed by atoms with van der Waals surface area (Å²) in [7, 11) is 0. The standard InChI is InChI=1S/C25H23NO2/c1-17-8-7-11-26-23(17)14-21(24(26)15-27)22-12-18(2)19(3)13-25(22)28-16-20-9-5-4-6-10-20/h4-15H,16H2,1-3H3. The van der Waals surface area contributed by atoms with Gasteiger partial charge in [-0.2, -0.15) is 0 Å². The predicted octanol–water partition coefficient (Wildman–Crippen LogP) is 5.92. The van der Waals surface area contributed by atoms with Gasteiger partial charge >= 0.3 is 0 Å². The average Bonchev–Trinajstić information content (AvgIpc) is 3.09. The quantitative estimate of drug-likeness (QED) is 0.409. The van der Waals surface area contributed by atoms with Gasteiger partial charge < -0.3 is 9.14 Å². The average molecular weight is 369 g/mol. The minimum absolute atomic E-state index is 0.485. The fraction of sp³-hybridized carbons (Fsp3) is 0.160. The summed E-state index contributed by atoms with van der Waals surface area (Å²) in [4.78, 5) is 12.0. The van der Waals surface area contributed by atoms with E-state index >= 15 is 0 Å². The number of pyridine rings is 1. The summed E-state index contributed by atoms with van der Waals surface area (Å²) in [5.41, 5.74) is 8.11. The van der Waals surface area contributed by atoms with E-state index in [1.54, 1.807) is 0 Å². The second-order valence-corrected chi connectivity index (χ2v) is 7.21. The van der Waals surface area contributed by atoms with Gasteiger partial charge in [-0.1, -0.05) is 36.4 Å². The lowest BCUT2D eigenvalue weighted by atomic mass is 9.99. The van der Waals surface area contributed by atoms with E-state index in [1.807, 2.05) is 47.0 Å². The fourth-order valence-electron chi connectivity index (χ4n) is 3.55. The van der Waals surface area contributed by atoms with Crippen LogP contribution in [0, 0.1) is 20.8 Å². The Bertz CT molecular complexity index is 1160. The number of aldehydes is 1. The molecule has 3 heteroatoms. The molecule has 0 bridgehead atoms. The zero-order chi connectivity index (χ0) is 19.7. The van der Waals surface area contributed by atoms with E-state index in [-0.39, 0.29) is 0 Å². The number of ether oxygens (including phenoxy) is 1. The van der Waals surface area contributed by atoms with Crippen molar-refractivity contribution in [1.82, 2.24) is 4.40 Å². The molecular weight excluding hydrogens is 346 g/mol. The van der Waals surface area contributed by atoms with Gasteiger partial charge in [-0.05, 0) is 67.3 Å². The highest BCUT2D eigenvalue weighted by Gasteiger charge is 2.17. The normalized spacial score (nSPS) is 11.0. The molecule has 0 spiro atoms. The van der Waals surface area contributed by atoms with Crippen molar-refractivity contribution < 1.29 is 9.53 Å². The van der Waals surface area contributed by atoms with Gasteiger partial charge in [0, 0.05) is 22.8 Å². The van der Waals surface area contributed by atoms with E-state index in [9.17, 15) is 4.79 Å². The van der Waals surface area contributed by atoms with Crippen LogP contribution in [0.5, 0.6) is 5.75 Å². The zero-order valence-corrected chi connectivity index (χ0v) is 16.4. The van der Waals surface area contributed by atoms with Crippen LogP contribution in [0.4, 0.5) is 0 Å². The number of aromatic nitrogens is 1. The number of aryl methyl sites for hydroxylation is 3. The number of fused-ring (bicyclic) bond motifs is 1. The lowest BCUT2D eigenvalue weighted by molar-refractivity contribution is 0.111. The molecular formula is C25H23NO2. The first-order valence-electron chi connectivity index (χ1n) is 9.42. The Morgan fingerprint density at radius 3 is 2.36 bits per heavy atom. The minimum Gasteiger partial charge on any atom is -0.488 e. The van der Waals surface area contributed by atoms with Gasteiger partial charge in [0.1, 0.15) is 12.4 Å². The molecule has 0 aliphatic heterocycles. The molecule has 0 saturated carbocycles. The Kier molecular flexibility index (Phi) is 4.74. The van der Waals surface area contributed by atoms with Crippen molar-refractivity contribution in [2.75, 3.05) is 0 Å². The molecule has 0 saturated heterocycles. The molecule has 2 aromatic carbocycles. The van der Waals surface area contributed by atoms with Crippen molar-refractivity contribution >= 4 is 11.8 Å². The smallest absolute Gasteiger partial charge is 0.167 e.